The number of fused-ring (bicyclic) bond motifs is 5. The summed E-state index contributed by atoms with van der Waals surface area (Å²) in [6.45, 7) is 3.77. The molecule has 0 bridgehead atoms. The van der Waals surface area contributed by atoms with Crippen molar-refractivity contribution in [2.75, 3.05) is 28.8 Å². The number of aryl methyl sites for hydroxylation is 2. The van der Waals surface area contributed by atoms with Crippen LogP contribution in [0.5, 0.6) is 5.75 Å². The minimum atomic E-state index is -1.40. The lowest BCUT2D eigenvalue weighted by molar-refractivity contribution is -0.131. The van der Waals surface area contributed by atoms with E-state index in [1.165, 1.54) is 15.9 Å². The third-order valence-electron chi connectivity index (χ3n) is 13.5. The number of anilines is 3. The number of azo groups is 1. The number of hydrogen-bond acceptors (Lipinski definition) is 10. The number of halogens is 2. The number of carbonyl (C=O) groups is 4. The van der Waals surface area contributed by atoms with E-state index >= 15 is 9.59 Å². The van der Waals surface area contributed by atoms with Gasteiger partial charge in [-0.15, -0.1) is 11.3 Å². The average Bonchev–Trinajstić information content (AvgIpc) is 3.94. The van der Waals surface area contributed by atoms with Crippen molar-refractivity contribution in [1.29, 1.82) is 0 Å². The minimum Gasteiger partial charge on any atom is -0.508 e. The van der Waals surface area contributed by atoms with Crippen LogP contribution < -0.4 is 14.7 Å². The van der Waals surface area contributed by atoms with Crippen LogP contribution in [-0.2, 0) is 26.2 Å². The Kier molecular flexibility index (Phi) is 9.73. The van der Waals surface area contributed by atoms with Crippen molar-refractivity contribution < 1.29 is 24.3 Å². The topological polar surface area (TPSA) is 141 Å². The van der Waals surface area contributed by atoms with E-state index in [0.717, 1.165) is 31.8 Å². The van der Waals surface area contributed by atoms with E-state index < -0.39 is 46.8 Å². The molecule has 10 rings (SSSR count). The Morgan fingerprint density at radius 3 is 2.19 bits per heavy atom. The van der Waals surface area contributed by atoms with Gasteiger partial charge in [-0.1, -0.05) is 34.9 Å². The molecule has 4 amide bonds. The van der Waals surface area contributed by atoms with Crippen LogP contribution in [0.25, 0.3) is 20.7 Å². The van der Waals surface area contributed by atoms with E-state index in [1.807, 2.05) is 74.5 Å². The molecule has 3 unspecified atom stereocenters. The third-order valence-corrected chi connectivity index (χ3v) is 15.3. The molecule has 6 atom stereocenters. The molecule has 3 fully saturated rings. The van der Waals surface area contributed by atoms with Crippen LogP contribution in [0.1, 0.15) is 36.8 Å². The molecule has 0 spiro atoms. The Balaban J connectivity index is 0.993. The first-order valence-corrected chi connectivity index (χ1v) is 22.2. The van der Waals surface area contributed by atoms with Gasteiger partial charge in [0.05, 0.1) is 45.1 Å². The maximum atomic E-state index is 15.2. The second-order valence-electron chi connectivity index (χ2n) is 17.2. The maximum Gasteiger partial charge on any atom is 0.242 e. The Bertz CT molecular complexity index is 3000. The summed E-state index contributed by atoms with van der Waals surface area (Å²) in [4.78, 5) is 64.5. The van der Waals surface area contributed by atoms with Gasteiger partial charge >= 0.3 is 0 Å². The van der Waals surface area contributed by atoms with Crippen molar-refractivity contribution in [2.45, 2.75) is 32.6 Å². The summed E-state index contributed by atoms with van der Waals surface area (Å²) < 4.78 is 2.58. The zero-order chi connectivity index (χ0) is 44.2. The predicted octanol–water partition coefficient (Wildman–Crippen LogP) is 10.5. The highest BCUT2D eigenvalue weighted by molar-refractivity contribution is 7.22. The van der Waals surface area contributed by atoms with Gasteiger partial charge in [-0.3, -0.25) is 28.8 Å². The van der Waals surface area contributed by atoms with E-state index in [1.54, 1.807) is 72.5 Å². The van der Waals surface area contributed by atoms with E-state index in [0.29, 0.717) is 44.2 Å². The van der Waals surface area contributed by atoms with Crippen molar-refractivity contribution >= 4 is 96.8 Å². The van der Waals surface area contributed by atoms with E-state index in [9.17, 15) is 14.7 Å². The van der Waals surface area contributed by atoms with Gasteiger partial charge in [0, 0.05) is 59.1 Å². The maximum absolute atomic E-state index is 15.2. The van der Waals surface area contributed by atoms with Crippen molar-refractivity contribution in [3.63, 3.8) is 0 Å². The molecular formula is C48H41Cl2N7O5S. The molecule has 2 aliphatic carbocycles. The summed E-state index contributed by atoms with van der Waals surface area (Å²) in [6, 6.07) is 26.6. The van der Waals surface area contributed by atoms with Crippen LogP contribution in [0.15, 0.2) is 113 Å². The number of aromatic hydroxyl groups is 1. The zero-order valence-electron chi connectivity index (χ0n) is 34.9. The number of phenolic OH excluding ortho intramolecular Hbond substituents is 1. The molecule has 15 heteroatoms. The Labute approximate surface area is 377 Å². The van der Waals surface area contributed by atoms with Crippen LogP contribution in [0, 0.1) is 36.0 Å². The van der Waals surface area contributed by atoms with Crippen molar-refractivity contribution in [3.05, 3.63) is 124 Å². The molecule has 2 saturated heterocycles. The summed E-state index contributed by atoms with van der Waals surface area (Å²) in [5.74, 6) is -5.21. The van der Waals surface area contributed by atoms with E-state index in [4.69, 9.17) is 28.3 Å². The minimum absolute atomic E-state index is 0.0897. The molecule has 12 nitrogen and oxygen atoms in total. The number of hydrogen-bond donors (Lipinski definition) is 1. The number of phenols is 1. The number of imide groups is 2. The average molecular weight is 899 g/mol. The molecular weight excluding hydrogens is 858 g/mol. The standard InChI is InChI=1S/C48H41Cl2N7O5S/c1-24-33-20-26(50)7-19-39(33)63-43(24)37-23-40(55(5)53-37)57-45(60)36-22-34-31(42(48(36,2)47(57)62)35-21-25(49)6-18-38(35)58)16-17-32-41(34)46(61)56(44(32)59)30-14-10-28(11-15-30)52-51-27-8-12-29(13-9-27)54(3)4/h6-16,18-21,23,32,34,36,41-42,58H,17,22H2,1-5H3/t32-,34+,36?,41-,42?,48?/m0/s1. The molecule has 2 aliphatic heterocycles. The first-order valence-electron chi connectivity index (χ1n) is 20.6. The lowest BCUT2D eigenvalue weighted by atomic mass is 9.51. The number of thiophene rings is 1. The highest BCUT2D eigenvalue weighted by atomic mass is 35.5. The highest BCUT2D eigenvalue weighted by Gasteiger charge is 2.68. The highest BCUT2D eigenvalue weighted by Crippen LogP contribution is 2.64. The van der Waals surface area contributed by atoms with Crippen LogP contribution >= 0.6 is 34.5 Å². The van der Waals surface area contributed by atoms with Crippen molar-refractivity contribution in [2.24, 2.45) is 46.4 Å². The number of amides is 4. The summed E-state index contributed by atoms with van der Waals surface area (Å²) in [7, 11) is 5.63. The first kappa shape index (κ1) is 40.9. The van der Waals surface area contributed by atoms with Gasteiger partial charge in [-0.2, -0.15) is 15.3 Å². The van der Waals surface area contributed by atoms with Gasteiger partial charge in [-0.25, -0.2) is 4.90 Å². The molecule has 2 aromatic heterocycles. The van der Waals surface area contributed by atoms with E-state index in [-0.39, 0.29) is 30.4 Å². The molecule has 4 aliphatic rings. The number of carbonyl (C=O) groups excluding carboxylic acids is 4. The monoisotopic (exact) mass is 897 g/mol. The third kappa shape index (κ3) is 6.34. The number of allylic oxidation sites excluding steroid dienone is 2. The summed E-state index contributed by atoms with van der Waals surface area (Å²) in [5.41, 5.74) is 3.97. The quantitative estimate of drug-likeness (QED) is 0.0955. The fraction of sp³-hybridized carbons (Fsp3) is 0.271. The van der Waals surface area contributed by atoms with Gasteiger partial charge < -0.3 is 10.0 Å². The zero-order valence-corrected chi connectivity index (χ0v) is 37.2. The van der Waals surface area contributed by atoms with Gasteiger partial charge in [0.25, 0.3) is 0 Å². The summed E-state index contributed by atoms with van der Waals surface area (Å²) >= 11 is 14.5. The fourth-order valence-corrected chi connectivity index (χ4v) is 11.9. The van der Waals surface area contributed by atoms with Gasteiger partial charge in [-0.05, 0) is 128 Å². The normalized spacial score (nSPS) is 24.4. The Morgan fingerprint density at radius 2 is 1.49 bits per heavy atom. The smallest absolute Gasteiger partial charge is 0.242 e. The van der Waals surface area contributed by atoms with Crippen molar-refractivity contribution in [1.82, 2.24) is 9.78 Å². The predicted molar refractivity (Wildman–Crippen MR) is 245 cm³/mol. The molecule has 4 aromatic carbocycles. The molecule has 4 heterocycles. The molecule has 6 aromatic rings. The van der Waals surface area contributed by atoms with Crippen molar-refractivity contribution in [3.8, 4) is 16.3 Å². The SMILES string of the molecule is Cc1c(-c2cc(N3C(=O)C4C[C@@H]5C(=CC[C@@H]6C(=O)N(c7ccc(N=Nc8ccc(N(C)C)cc8)cc7)C(=O)[C@@H]65)C(c5cc(Cl)ccc5O)C4(C)C3=O)n(C)n2)sc2ccc(Cl)cc12. The van der Waals surface area contributed by atoms with Gasteiger partial charge in [0.2, 0.25) is 23.6 Å². The summed E-state index contributed by atoms with van der Waals surface area (Å²) in [6.07, 6.45) is 2.33. The number of rotatable bonds is 7. The van der Waals surface area contributed by atoms with Crippen LogP contribution in [0.3, 0.4) is 0 Å². The lowest BCUT2D eigenvalue weighted by Crippen LogP contribution is -2.49. The Morgan fingerprint density at radius 1 is 0.825 bits per heavy atom. The second-order valence-corrected chi connectivity index (χ2v) is 19.1. The van der Waals surface area contributed by atoms with Crippen LogP contribution in [0.4, 0.5) is 28.6 Å². The van der Waals surface area contributed by atoms with Gasteiger partial charge in [0.1, 0.15) is 17.3 Å². The van der Waals surface area contributed by atoms with Crippen LogP contribution in [-0.4, -0.2) is 52.6 Å². The number of nitrogens with zero attached hydrogens (tertiary/aromatic N) is 7. The van der Waals surface area contributed by atoms with Gasteiger partial charge in [0.15, 0.2) is 0 Å². The van der Waals surface area contributed by atoms with Crippen LogP contribution in [0.2, 0.25) is 10.0 Å². The number of aromatic nitrogens is 2. The summed E-state index contributed by atoms with van der Waals surface area (Å²) in [5, 5.41) is 27.0. The van der Waals surface area contributed by atoms with E-state index in [2.05, 4.69) is 10.2 Å². The first-order chi connectivity index (χ1) is 30.1. The Hall–Kier alpha value is -6.15. The fourth-order valence-electron chi connectivity index (χ4n) is 10.4. The lowest BCUT2D eigenvalue weighted by Gasteiger charge is -2.49. The molecule has 1 saturated carbocycles. The molecule has 63 heavy (non-hydrogen) atoms. The molecule has 318 valence electrons. The second kappa shape index (κ2) is 15.0. The largest absolute Gasteiger partial charge is 0.508 e. The molecule has 0 radical (unpaired) electrons. The number of benzene rings is 4. The molecule has 1 N–H and O–H groups in total.